The molecule has 6 heteroatoms. The summed E-state index contributed by atoms with van der Waals surface area (Å²) in [7, 11) is 1.76. The molecule has 1 atom stereocenters. The molecule has 0 aliphatic carbocycles. The van der Waals surface area contributed by atoms with Crippen LogP contribution < -0.4 is 0 Å². The number of aromatic hydroxyl groups is 1. The highest BCUT2D eigenvalue weighted by atomic mass is 35.5. The van der Waals surface area contributed by atoms with Crippen LogP contribution in [0.2, 0.25) is 5.02 Å². The van der Waals surface area contributed by atoms with Crippen molar-refractivity contribution >= 4 is 17.5 Å². The van der Waals surface area contributed by atoms with Crippen LogP contribution in [-0.4, -0.2) is 32.9 Å². The minimum Gasteiger partial charge on any atom is -0.508 e. The molecule has 0 spiro atoms. The van der Waals surface area contributed by atoms with E-state index in [-0.39, 0.29) is 24.0 Å². The van der Waals surface area contributed by atoms with E-state index in [2.05, 4.69) is 9.97 Å². The van der Waals surface area contributed by atoms with Crippen molar-refractivity contribution in [3.8, 4) is 5.75 Å². The molecule has 0 aliphatic rings. The Morgan fingerprint density at radius 2 is 2.04 bits per heavy atom. The topological polar surface area (TPSA) is 69.2 Å². The molecule has 0 unspecified atom stereocenters. The number of nitrogens with one attached hydrogen (secondary N) is 1. The lowest BCUT2D eigenvalue weighted by molar-refractivity contribution is -0.130. The number of carbonyl (C=O) groups excluding carboxylic acids is 1. The molecule has 1 amide bonds. The van der Waals surface area contributed by atoms with Crippen LogP contribution in [0.1, 0.15) is 35.0 Å². The first kappa shape index (κ1) is 19.0. The number of aromatic nitrogens is 2. The second-order valence-corrected chi connectivity index (χ2v) is 7.04. The average Bonchev–Trinajstić information content (AvgIpc) is 3.05. The van der Waals surface area contributed by atoms with Crippen LogP contribution in [-0.2, 0) is 11.3 Å². The summed E-state index contributed by atoms with van der Waals surface area (Å²) in [6, 6.07) is 14.4. The summed E-state index contributed by atoms with van der Waals surface area (Å²) < 4.78 is 0. The Labute approximate surface area is 163 Å². The van der Waals surface area contributed by atoms with Crippen molar-refractivity contribution in [1.82, 2.24) is 14.9 Å². The molecule has 27 heavy (non-hydrogen) atoms. The highest BCUT2D eigenvalue weighted by Crippen LogP contribution is 2.34. The Morgan fingerprint density at radius 3 is 2.70 bits per heavy atom. The van der Waals surface area contributed by atoms with Crippen molar-refractivity contribution in [2.75, 3.05) is 7.05 Å². The number of carbonyl (C=O) groups is 1. The number of amides is 1. The van der Waals surface area contributed by atoms with Gasteiger partial charge in [-0.05, 0) is 36.2 Å². The third-order valence-corrected chi connectivity index (χ3v) is 4.84. The number of aryl methyl sites for hydroxylation is 1. The minimum absolute atomic E-state index is 0.0303. The Balaban J connectivity index is 1.85. The number of imidazole rings is 1. The molecule has 3 aromatic rings. The van der Waals surface area contributed by atoms with E-state index in [9.17, 15) is 9.90 Å². The molecule has 3 rings (SSSR count). The summed E-state index contributed by atoms with van der Waals surface area (Å²) in [4.78, 5) is 21.9. The normalized spacial score (nSPS) is 12.0. The largest absolute Gasteiger partial charge is 0.508 e. The fourth-order valence-corrected chi connectivity index (χ4v) is 3.36. The number of H-pyrrole nitrogens is 1. The number of nitrogens with zero attached hydrogens (tertiary/aromatic N) is 2. The summed E-state index contributed by atoms with van der Waals surface area (Å²) >= 11 is 6.40. The molecule has 1 heterocycles. The van der Waals surface area contributed by atoms with E-state index in [0.29, 0.717) is 11.6 Å². The predicted octanol–water partition coefficient (Wildman–Crippen LogP) is 4.26. The SMILES string of the molecule is Cc1cnc(CN(C)C(=O)C[C@H](c2cccc(O)c2)c2ccccc2Cl)[nH]1. The standard InChI is InChI=1S/C21H22ClN3O2/c1-14-12-23-20(24-14)13-25(2)21(27)11-18(15-6-5-7-16(26)10-15)17-8-3-4-9-19(17)22/h3-10,12,18,26H,11,13H2,1-2H3,(H,23,24)/t18-/m1/s1. The Morgan fingerprint density at radius 1 is 1.26 bits per heavy atom. The highest BCUT2D eigenvalue weighted by molar-refractivity contribution is 6.31. The summed E-state index contributed by atoms with van der Waals surface area (Å²) in [5, 5.41) is 10.5. The van der Waals surface area contributed by atoms with Crippen LogP contribution in [0.4, 0.5) is 0 Å². The van der Waals surface area contributed by atoms with Crippen molar-refractivity contribution in [1.29, 1.82) is 0 Å². The van der Waals surface area contributed by atoms with Gasteiger partial charge in [-0.1, -0.05) is 41.9 Å². The van der Waals surface area contributed by atoms with Gasteiger partial charge in [-0.3, -0.25) is 4.79 Å². The molecule has 1 aromatic heterocycles. The summed E-state index contributed by atoms with van der Waals surface area (Å²) in [6.45, 7) is 2.33. The lowest BCUT2D eigenvalue weighted by Gasteiger charge is -2.23. The number of hydrogen-bond donors (Lipinski definition) is 2. The number of halogens is 1. The molecule has 0 saturated heterocycles. The van der Waals surface area contributed by atoms with Crippen molar-refractivity contribution in [3.05, 3.63) is 82.4 Å². The van der Waals surface area contributed by atoms with Crippen LogP contribution in [0.3, 0.4) is 0 Å². The third-order valence-electron chi connectivity index (χ3n) is 4.50. The fraction of sp³-hybridized carbons (Fsp3) is 0.238. The minimum atomic E-state index is -0.251. The average molecular weight is 384 g/mol. The fourth-order valence-electron chi connectivity index (χ4n) is 3.10. The second-order valence-electron chi connectivity index (χ2n) is 6.64. The van der Waals surface area contributed by atoms with Crippen molar-refractivity contribution in [3.63, 3.8) is 0 Å². The monoisotopic (exact) mass is 383 g/mol. The van der Waals surface area contributed by atoms with Gasteiger partial charge >= 0.3 is 0 Å². The summed E-state index contributed by atoms with van der Waals surface area (Å²) in [5.74, 6) is 0.628. The number of phenolic OH excluding ortho intramolecular Hbond substituents is 1. The lowest BCUT2D eigenvalue weighted by Crippen LogP contribution is -2.28. The van der Waals surface area contributed by atoms with Gasteiger partial charge in [-0.15, -0.1) is 0 Å². The number of rotatable bonds is 6. The quantitative estimate of drug-likeness (QED) is 0.668. The molecular formula is C21H22ClN3O2. The maximum atomic E-state index is 12.9. The van der Waals surface area contributed by atoms with Gasteiger partial charge in [0.1, 0.15) is 11.6 Å². The van der Waals surface area contributed by atoms with Gasteiger partial charge in [0.15, 0.2) is 0 Å². The van der Waals surface area contributed by atoms with Crippen LogP contribution in [0.5, 0.6) is 5.75 Å². The summed E-state index contributed by atoms with van der Waals surface area (Å²) in [5.41, 5.74) is 2.67. The van der Waals surface area contributed by atoms with Gasteiger partial charge in [0.25, 0.3) is 0 Å². The van der Waals surface area contributed by atoms with Gasteiger partial charge in [-0.25, -0.2) is 4.98 Å². The molecule has 0 saturated carbocycles. The smallest absolute Gasteiger partial charge is 0.223 e. The van der Waals surface area contributed by atoms with Crippen molar-refractivity contribution in [2.45, 2.75) is 25.8 Å². The van der Waals surface area contributed by atoms with Crippen LogP contribution in [0.15, 0.2) is 54.7 Å². The van der Waals surface area contributed by atoms with Crippen LogP contribution in [0.25, 0.3) is 0 Å². The number of benzene rings is 2. The predicted molar refractivity (Wildman–Crippen MR) is 106 cm³/mol. The molecule has 140 valence electrons. The second kappa shape index (κ2) is 8.27. The molecule has 0 aliphatic heterocycles. The third kappa shape index (κ3) is 4.68. The van der Waals surface area contributed by atoms with E-state index in [0.717, 1.165) is 22.6 Å². The zero-order valence-corrected chi connectivity index (χ0v) is 16.1. The van der Waals surface area contributed by atoms with Gasteiger partial charge in [0.2, 0.25) is 5.91 Å². The number of hydrogen-bond acceptors (Lipinski definition) is 3. The lowest BCUT2D eigenvalue weighted by atomic mass is 9.88. The maximum absolute atomic E-state index is 12.9. The molecule has 2 aromatic carbocycles. The van der Waals surface area contributed by atoms with Gasteiger partial charge in [0, 0.05) is 36.3 Å². The van der Waals surface area contributed by atoms with Gasteiger partial charge < -0.3 is 15.0 Å². The van der Waals surface area contributed by atoms with E-state index < -0.39 is 0 Å². The van der Waals surface area contributed by atoms with Crippen LogP contribution >= 0.6 is 11.6 Å². The summed E-state index contributed by atoms with van der Waals surface area (Å²) in [6.07, 6.45) is 1.98. The molecule has 0 bridgehead atoms. The van der Waals surface area contributed by atoms with E-state index in [4.69, 9.17) is 11.6 Å². The number of aromatic amines is 1. The van der Waals surface area contributed by atoms with Crippen molar-refractivity contribution < 1.29 is 9.90 Å². The van der Waals surface area contributed by atoms with Gasteiger partial charge in [0.05, 0.1) is 6.54 Å². The highest BCUT2D eigenvalue weighted by Gasteiger charge is 2.23. The Bertz CT molecular complexity index is 938. The molecular weight excluding hydrogens is 362 g/mol. The van der Waals surface area contributed by atoms with Crippen LogP contribution in [0, 0.1) is 6.92 Å². The first-order chi connectivity index (χ1) is 12.9. The zero-order valence-electron chi connectivity index (χ0n) is 15.3. The first-order valence-electron chi connectivity index (χ1n) is 8.72. The van der Waals surface area contributed by atoms with Crippen molar-refractivity contribution in [2.24, 2.45) is 0 Å². The maximum Gasteiger partial charge on any atom is 0.223 e. The Hall–Kier alpha value is -2.79. The molecule has 5 nitrogen and oxygen atoms in total. The Kier molecular flexibility index (Phi) is 5.81. The molecule has 0 fully saturated rings. The van der Waals surface area contributed by atoms with E-state index in [1.807, 2.05) is 37.3 Å². The first-order valence-corrected chi connectivity index (χ1v) is 9.09. The van der Waals surface area contributed by atoms with E-state index in [1.165, 1.54) is 0 Å². The molecule has 0 radical (unpaired) electrons. The van der Waals surface area contributed by atoms with E-state index in [1.54, 1.807) is 36.3 Å². The molecule has 2 N–H and O–H groups in total. The van der Waals surface area contributed by atoms with E-state index >= 15 is 0 Å². The zero-order chi connectivity index (χ0) is 19.4. The number of phenols is 1. The van der Waals surface area contributed by atoms with Gasteiger partial charge in [-0.2, -0.15) is 0 Å².